The largest absolute Gasteiger partial charge is 0.344 e. The molecule has 5 rings (SSSR count). The van der Waals surface area contributed by atoms with Gasteiger partial charge in [-0.25, -0.2) is 28.5 Å². The highest BCUT2D eigenvalue weighted by Crippen LogP contribution is 2.16. The lowest BCUT2D eigenvalue weighted by molar-refractivity contribution is 0.578. The minimum atomic E-state index is -0.659. The van der Waals surface area contributed by atoms with Crippen molar-refractivity contribution in [2.24, 2.45) is 11.5 Å². The van der Waals surface area contributed by atoms with Crippen molar-refractivity contribution >= 4 is 48.5 Å². The van der Waals surface area contributed by atoms with Gasteiger partial charge in [0.05, 0.1) is 5.69 Å². The van der Waals surface area contributed by atoms with E-state index in [4.69, 9.17) is 11.5 Å². The third-order valence-electron chi connectivity index (χ3n) is 7.79. The Kier molecular flexibility index (Phi) is 12.1. The van der Waals surface area contributed by atoms with E-state index >= 15 is 0 Å². The second-order valence-electron chi connectivity index (χ2n) is 11.8. The summed E-state index contributed by atoms with van der Waals surface area (Å²) in [5.41, 5.74) is 10.2. The summed E-state index contributed by atoms with van der Waals surface area (Å²) in [5, 5.41) is 0.924. The Balaban J connectivity index is 0.000000230. The molecule has 49 heavy (non-hydrogen) atoms. The number of nitrogens with two attached hydrogens (primary N) is 2. The van der Waals surface area contributed by atoms with Gasteiger partial charge in [0, 0.05) is 51.7 Å². The van der Waals surface area contributed by atoms with Crippen LogP contribution in [0.3, 0.4) is 0 Å². The van der Waals surface area contributed by atoms with Crippen molar-refractivity contribution in [3.8, 4) is 5.69 Å². The standard InChI is InChI=1S/C18H22FN6O2P.C13H20N6O2/c1-3-11(20)6-7-24(2)17-21-9-12-15(22-17)25(18(27)23-16(12)26)13-5-4-10(19)8-14(13)28;1-8(2)19-10-9(11(20)17-13(19)21)7-15-12(16-10)18(3)6-4-5-14/h4-5,8-9,11H,3,6-7,20,28H2,1-2H3,(H,23,26,27);7-8H,4-6,14H2,1-3H3,(H,17,20,21). The van der Waals surface area contributed by atoms with Gasteiger partial charge in [-0.1, -0.05) is 6.92 Å². The Morgan fingerprint density at radius 2 is 1.49 bits per heavy atom. The van der Waals surface area contributed by atoms with Gasteiger partial charge in [0.15, 0.2) is 11.3 Å². The van der Waals surface area contributed by atoms with Crippen molar-refractivity contribution in [1.29, 1.82) is 0 Å². The van der Waals surface area contributed by atoms with Crippen molar-refractivity contribution in [3.05, 3.63) is 78.1 Å². The molecule has 4 heterocycles. The molecule has 0 saturated heterocycles. The van der Waals surface area contributed by atoms with E-state index < -0.39 is 28.3 Å². The molecule has 2 atom stereocenters. The van der Waals surface area contributed by atoms with Crippen molar-refractivity contribution in [2.75, 3.05) is 43.5 Å². The number of aromatic amines is 2. The van der Waals surface area contributed by atoms with E-state index in [1.54, 1.807) is 0 Å². The van der Waals surface area contributed by atoms with Gasteiger partial charge in [-0.3, -0.25) is 24.1 Å². The molecule has 0 aliphatic rings. The minimum absolute atomic E-state index is 0.0721. The quantitative estimate of drug-likeness (QED) is 0.139. The van der Waals surface area contributed by atoms with Gasteiger partial charge in [0.1, 0.15) is 16.6 Å². The summed E-state index contributed by atoms with van der Waals surface area (Å²) in [4.78, 5) is 74.1. The molecule has 18 heteroatoms. The zero-order chi connectivity index (χ0) is 36.0. The van der Waals surface area contributed by atoms with Crippen molar-refractivity contribution in [3.63, 3.8) is 0 Å². The summed E-state index contributed by atoms with van der Waals surface area (Å²) in [7, 11) is 6.05. The first-order chi connectivity index (χ1) is 23.3. The molecule has 262 valence electrons. The van der Waals surface area contributed by atoms with Crippen LogP contribution in [0.1, 0.15) is 46.1 Å². The Labute approximate surface area is 282 Å². The summed E-state index contributed by atoms with van der Waals surface area (Å²) >= 11 is 0. The minimum Gasteiger partial charge on any atom is -0.344 e. The fourth-order valence-electron chi connectivity index (χ4n) is 4.93. The van der Waals surface area contributed by atoms with E-state index in [0.717, 1.165) is 19.3 Å². The SMILES string of the molecule is CC(C)n1c(=O)[nH]c(=O)c2cnc(N(C)CCCN)nc21.CCC(N)CCN(C)c1ncc2c(=O)[nH]c(=O)n(-c3ccc(F)cc3P)c2n1. The van der Waals surface area contributed by atoms with Gasteiger partial charge in [0.2, 0.25) is 11.9 Å². The number of hydrogen-bond donors (Lipinski definition) is 4. The molecule has 0 saturated carbocycles. The molecule has 1 aromatic carbocycles. The van der Waals surface area contributed by atoms with Gasteiger partial charge >= 0.3 is 11.4 Å². The molecule has 16 nitrogen and oxygen atoms in total. The Bertz CT molecular complexity index is 2180. The van der Waals surface area contributed by atoms with Crippen LogP contribution < -0.4 is 49.1 Å². The predicted octanol–water partition coefficient (Wildman–Crippen LogP) is 0.518. The number of hydrogen-bond acceptors (Lipinski definition) is 12. The number of fused-ring (bicyclic) bond motifs is 2. The number of rotatable bonds is 11. The Morgan fingerprint density at radius 3 is 2.06 bits per heavy atom. The molecule has 0 fully saturated rings. The van der Waals surface area contributed by atoms with Crippen LogP contribution in [0.15, 0.2) is 49.8 Å². The molecule has 0 amide bonds. The smallest absolute Gasteiger partial charge is 0.334 e. The fourth-order valence-corrected chi connectivity index (χ4v) is 5.32. The number of halogens is 1. The highest BCUT2D eigenvalue weighted by Gasteiger charge is 2.17. The zero-order valence-electron chi connectivity index (χ0n) is 28.1. The lowest BCUT2D eigenvalue weighted by Gasteiger charge is -2.19. The molecule has 0 spiro atoms. The highest BCUT2D eigenvalue weighted by molar-refractivity contribution is 7.27. The molecule has 0 bridgehead atoms. The molecule has 4 aromatic heterocycles. The van der Waals surface area contributed by atoms with E-state index in [1.165, 1.54) is 39.7 Å². The second-order valence-corrected chi connectivity index (χ2v) is 12.4. The van der Waals surface area contributed by atoms with Crippen LogP contribution in [-0.2, 0) is 0 Å². The van der Waals surface area contributed by atoms with Crippen LogP contribution in [0.2, 0.25) is 0 Å². The summed E-state index contributed by atoms with van der Waals surface area (Å²) in [5.74, 6) is 0.398. The first-order valence-electron chi connectivity index (χ1n) is 15.7. The van der Waals surface area contributed by atoms with E-state index in [0.29, 0.717) is 53.6 Å². The number of nitrogens with zero attached hydrogens (tertiary/aromatic N) is 8. The zero-order valence-corrected chi connectivity index (χ0v) is 29.3. The van der Waals surface area contributed by atoms with Crippen molar-refractivity contribution < 1.29 is 4.39 Å². The van der Waals surface area contributed by atoms with Crippen molar-refractivity contribution in [2.45, 2.75) is 52.1 Å². The first-order valence-corrected chi connectivity index (χ1v) is 16.3. The Morgan fingerprint density at radius 1 is 0.918 bits per heavy atom. The number of benzene rings is 1. The molecule has 0 radical (unpaired) electrons. The lowest BCUT2D eigenvalue weighted by Crippen LogP contribution is -2.33. The van der Waals surface area contributed by atoms with Crippen LogP contribution in [0.4, 0.5) is 16.3 Å². The average Bonchev–Trinajstić information content (AvgIpc) is 3.06. The second kappa shape index (κ2) is 16.0. The van der Waals surface area contributed by atoms with Crippen LogP contribution in [0, 0.1) is 5.82 Å². The molecule has 2 unspecified atom stereocenters. The summed E-state index contributed by atoms with van der Waals surface area (Å²) in [6, 6.07) is 3.94. The van der Waals surface area contributed by atoms with Gasteiger partial charge in [-0.2, -0.15) is 9.97 Å². The summed E-state index contributed by atoms with van der Waals surface area (Å²) < 4.78 is 16.2. The van der Waals surface area contributed by atoms with Crippen LogP contribution in [-0.4, -0.2) is 78.8 Å². The lowest BCUT2D eigenvalue weighted by atomic mass is 10.2. The topological polar surface area (TPSA) is 220 Å². The molecule has 6 N–H and O–H groups in total. The van der Waals surface area contributed by atoms with Gasteiger partial charge < -0.3 is 21.3 Å². The number of anilines is 2. The molecule has 0 aliphatic carbocycles. The Hall–Kier alpha value is -4.86. The number of aromatic nitrogens is 8. The normalized spacial score (nSPS) is 11.9. The van der Waals surface area contributed by atoms with Crippen molar-refractivity contribution in [1.82, 2.24) is 39.0 Å². The maximum absolute atomic E-state index is 13.5. The third kappa shape index (κ3) is 8.42. The van der Waals surface area contributed by atoms with Gasteiger partial charge in [-0.05, 0) is 63.2 Å². The molecule has 5 aromatic rings. The van der Waals surface area contributed by atoms with E-state index in [2.05, 4.69) is 39.1 Å². The fraction of sp³-hybridized carbons (Fsp3) is 0.419. The highest BCUT2D eigenvalue weighted by atomic mass is 31.0. The maximum Gasteiger partial charge on any atom is 0.334 e. The van der Waals surface area contributed by atoms with Crippen LogP contribution >= 0.6 is 9.24 Å². The van der Waals surface area contributed by atoms with Crippen LogP contribution in [0.25, 0.3) is 27.8 Å². The monoisotopic (exact) mass is 696 g/mol. The van der Waals surface area contributed by atoms with E-state index in [1.807, 2.05) is 44.7 Å². The van der Waals surface area contributed by atoms with Crippen LogP contribution in [0.5, 0.6) is 0 Å². The summed E-state index contributed by atoms with van der Waals surface area (Å²) in [6.45, 7) is 7.65. The van der Waals surface area contributed by atoms with Gasteiger partial charge in [0.25, 0.3) is 11.1 Å². The molecular weight excluding hydrogens is 654 g/mol. The number of nitrogens with one attached hydrogen (secondary N) is 2. The molecule has 0 aliphatic heterocycles. The van der Waals surface area contributed by atoms with E-state index in [9.17, 15) is 23.6 Å². The molecular formula is C31H42FN12O4P. The summed E-state index contributed by atoms with van der Waals surface area (Å²) in [6.07, 6.45) is 5.26. The first kappa shape index (κ1) is 37.0. The van der Waals surface area contributed by atoms with Gasteiger partial charge in [-0.15, -0.1) is 9.24 Å². The van der Waals surface area contributed by atoms with E-state index in [-0.39, 0.29) is 23.1 Å². The predicted molar refractivity (Wildman–Crippen MR) is 193 cm³/mol. The third-order valence-corrected chi connectivity index (χ3v) is 8.25. The average molecular weight is 697 g/mol. The maximum atomic E-state index is 13.5. The number of H-pyrrole nitrogens is 2.